The fourth-order valence-corrected chi connectivity index (χ4v) is 3.74. The summed E-state index contributed by atoms with van der Waals surface area (Å²) in [5.41, 5.74) is -1.67. The second kappa shape index (κ2) is 6.52. The third-order valence-corrected chi connectivity index (χ3v) is 5.27. The molecule has 1 fully saturated rings. The molecule has 0 radical (unpaired) electrons. The number of aliphatic hydroxyl groups is 1. The Labute approximate surface area is 121 Å². The first-order valence-corrected chi connectivity index (χ1v) is 8.04. The van der Waals surface area contributed by atoms with E-state index in [1.807, 2.05) is 9.88 Å². The maximum atomic E-state index is 12.5. The summed E-state index contributed by atoms with van der Waals surface area (Å²) >= 11 is 0. The zero-order chi connectivity index (χ0) is 15.5. The van der Waals surface area contributed by atoms with Gasteiger partial charge >= 0.3 is 5.69 Å². The van der Waals surface area contributed by atoms with Gasteiger partial charge in [0, 0.05) is 32.4 Å². The van der Waals surface area contributed by atoms with Crippen molar-refractivity contribution in [2.24, 2.45) is 0 Å². The van der Waals surface area contributed by atoms with Crippen LogP contribution >= 0.6 is 0 Å². The number of hydrogen-bond acceptors (Lipinski definition) is 6. The van der Waals surface area contributed by atoms with Crippen LogP contribution in [0.2, 0.25) is 0 Å². The van der Waals surface area contributed by atoms with Gasteiger partial charge in [-0.05, 0) is 13.0 Å². The molecule has 10 heteroatoms. The van der Waals surface area contributed by atoms with E-state index in [1.165, 1.54) is 4.31 Å². The second-order valence-electron chi connectivity index (χ2n) is 4.76. The van der Waals surface area contributed by atoms with Gasteiger partial charge in [0.05, 0.1) is 6.61 Å². The molecule has 0 saturated carbocycles. The Morgan fingerprint density at radius 1 is 1.19 bits per heavy atom. The van der Waals surface area contributed by atoms with E-state index in [9.17, 15) is 18.0 Å². The highest BCUT2D eigenvalue weighted by atomic mass is 32.2. The summed E-state index contributed by atoms with van der Waals surface area (Å²) in [6.07, 6.45) is 1.54. The van der Waals surface area contributed by atoms with Crippen LogP contribution in [0.1, 0.15) is 6.42 Å². The van der Waals surface area contributed by atoms with Crippen molar-refractivity contribution >= 4 is 10.0 Å². The fourth-order valence-electron chi connectivity index (χ4n) is 2.28. The number of sulfonamides is 1. The van der Waals surface area contributed by atoms with Crippen molar-refractivity contribution in [2.75, 3.05) is 39.3 Å². The van der Waals surface area contributed by atoms with Gasteiger partial charge in [0.15, 0.2) is 4.90 Å². The monoisotopic (exact) mass is 318 g/mol. The highest BCUT2D eigenvalue weighted by molar-refractivity contribution is 7.89. The lowest BCUT2D eigenvalue weighted by Gasteiger charge is -2.20. The third-order valence-electron chi connectivity index (χ3n) is 3.37. The maximum absolute atomic E-state index is 12.5. The van der Waals surface area contributed by atoms with E-state index < -0.39 is 26.2 Å². The summed E-state index contributed by atoms with van der Waals surface area (Å²) in [6, 6.07) is 0. The highest BCUT2D eigenvalue weighted by Gasteiger charge is 2.29. The summed E-state index contributed by atoms with van der Waals surface area (Å²) in [4.78, 5) is 28.2. The molecule has 118 valence electrons. The van der Waals surface area contributed by atoms with Crippen molar-refractivity contribution in [3.63, 3.8) is 0 Å². The summed E-state index contributed by atoms with van der Waals surface area (Å²) in [7, 11) is -3.94. The lowest BCUT2D eigenvalue weighted by Crippen LogP contribution is -2.39. The Balaban J connectivity index is 2.23. The summed E-state index contributed by atoms with van der Waals surface area (Å²) in [5, 5.41) is 8.92. The molecule has 0 unspecified atom stereocenters. The van der Waals surface area contributed by atoms with Crippen molar-refractivity contribution in [3.05, 3.63) is 27.0 Å². The van der Waals surface area contributed by atoms with Crippen molar-refractivity contribution in [3.8, 4) is 0 Å². The molecule has 0 atom stereocenters. The average molecular weight is 318 g/mol. The smallest absolute Gasteiger partial charge is 0.325 e. The molecule has 2 rings (SSSR count). The van der Waals surface area contributed by atoms with Crippen molar-refractivity contribution in [1.82, 2.24) is 19.2 Å². The molecule has 9 nitrogen and oxygen atoms in total. The minimum Gasteiger partial charge on any atom is -0.395 e. The van der Waals surface area contributed by atoms with Crippen LogP contribution in [-0.2, 0) is 10.0 Å². The molecule has 0 amide bonds. The SMILES string of the molecule is O=c1[nH]cc(S(=O)(=O)N2CCCN(CCO)CC2)c(=O)[nH]1. The molecule has 0 spiro atoms. The molecule has 1 aromatic heterocycles. The molecular formula is C11H18N4O5S. The molecule has 2 heterocycles. The summed E-state index contributed by atoms with van der Waals surface area (Å²) < 4.78 is 26.1. The van der Waals surface area contributed by atoms with Gasteiger partial charge in [-0.1, -0.05) is 0 Å². The number of aromatic amines is 2. The normalized spacial score (nSPS) is 18.5. The molecule has 21 heavy (non-hydrogen) atoms. The molecule has 0 aliphatic carbocycles. The first kappa shape index (κ1) is 15.9. The minimum absolute atomic E-state index is 0.0202. The van der Waals surface area contributed by atoms with Gasteiger partial charge in [0.25, 0.3) is 5.56 Å². The fraction of sp³-hybridized carbons (Fsp3) is 0.636. The standard InChI is InChI=1S/C11H18N4O5S/c16-7-6-14-2-1-3-15(5-4-14)21(19,20)9-8-12-11(18)13-10(9)17/h8,16H,1-7H2,(H2,12,13,17,18). The van der Waals surface area contributed by atoms with Gasteiger partial charge in [-0.2, -0.15) is 4.31 Å². The largest absolute Gasteiger partial charge is 0.395 e. The van der Waals surface area contributed by atoms with E-state index >= 15 is 0 Å². The van der Waals surface area contributed by atoms with Crippen LogP contribution < -0.4 is 11.2 Å². The number of nitrogens with zero attached hydrogens (tertiary/aromatic N) is 2. The predicted molar refractivity (Wildman–Crippen MR) is 74.6 cm³/mol. The lowest BCUT2D eigenvalue weighted by molar-refractivity contribution is 0.202. The number of β-amino-alcohol motifs (C(OH)–C–C–N with tert-alkyl or cyclic N) is 1. The van der Waals surface area contributed by atoms with Crippen LogP contribution in [0.5, 0.6) is 0 Å². The Morgan fingerprint density at radius 3 is 2.62 bits per heavy atom. The van der Waals surface area contributed by atoms with Crippen LogP contribution in [0.15, 0.2) is 20.7 Å². The molecule has 1 aliphatic heterocycles. The van der Waals surface area contributed by atoms with Crippen LogP contribution in [0.3, 0.4) is 0 Å². The molecule has 1 aromatic rings. The number of aliphatic hydroxyl groups excluding tert-OH is 1. The Kier molecular flexibility index (Phi) is 4.93. The summed E-state index contributed by atoms with van der Waals surface area (Å²) in [5.74, 6) is 0. The summed E-state index contributed by atoms with van der Waals surface area (Å²) in [6.45, 7) is 2.22. The molecule has 0 aromatic carbocycles. The van der Waals surface area contributed by atoms with E-state index in [2.05, 4.69) is 4.98 Å². The van der Waals surface area contributed by atoms with Gasteiger partial charge in [-0.25, -0.2) is 13.2 Å². The number of hydrogen-bond donors (Lipinski definition) is 3. The maximum Gasteiger partial charge on any atom is 0.325 e. The predicted octanol–water partition coefficient (Wildman–Crippen LogP) is -2.25. The van der Waals surface area contributed by atoms with Crippen LogP contribution in [0, 0.1) is 0 Å². The molecule has 0 bridgehead atoms. The molecular weight excluding hydrogens is 300 g/mol. The Hall–Kier alpha value is -1.49. The van der Waals surface area contributed by atoms with E-state index in [0.29, 0.717) is 32.6 Å². The van der Waals surface area contributed by atoms with E-state index in [1.54, 1.807) is 0 Å². The average Bonchev–Trinajstić information content (AvgIpc) is 2.65. The van der Waals surface area contributed by atoms with Gasteiger partial charge in [0.1, 0.15) is 0 Å². The van der Waals surface area contributed by atoms with E-state index in [-0.39, 0.29) is 13.2 Å². The third kappa shape index (κ3) is 3.59. The van der Waals surface area contributed by atoms with Crippen LogP contribution in [-0.4, -0.2) is 72.0 Å². The van der Waals surface area contributed by atoms with Crippen LogP contribution in [0.25, 0.3) is 0 Å². The Bertz CT molecular complexity index is 695. The zero-order valence-corrected chi connectivity index (χ0v) is 12.2. The van der Waals surface area contributed by atoms with Gasteiger partial charge in [-0.15, -0.1) is 0 Å². The zero-order valence-electron chi connectivity index (χ0n) is 11.4. The second-order valence-corrected chi connectivity index (χ2v) is 6.67. The molecule has 1 saturated heterocycles. The van der Waals surface area contributed by atoms with Crippen molar-refractivity contribution < 1.29 is 13.5 Å². The van der Waals surface area contributed by atoms with Gasteiger partial charge < -0.3 is 10.1 Å². The van der Waals surface area contributed by atoms with E-state index in [4.69, 9.17) is 5.11 Å². The number of nitrogens with one attached hydrogen (secondary N) is 2. The number of rotatable bonds is 4. The minimum atomic E-state index is -3.94. The quantitative estimate of drug-likeness (QED) is 0.576. The Morgan fingerprint density at radius 2 is 1.95 bits per heavy atom. The first-order chi connectivity index (χ1) is 9.95. The topological polar surface area (TPSA) is 127 Å². The van der Waals surface area contributed by atoms with Crippen molar-refractivity contribution in [1.29, 1.82) is 0 Å². The lowest BCUT2D eigenvalue weighted by atomic mass is 10.4. The molecule has 1 aliphatic rings. The first-order valence-electron chi connectivity index (χ1n) is 6.60. The van der Waals surface area contributed by atoms with E-state index in [0.717, 1.165) is 6.20 Å². The highest BCUT2D eigenvalue weighted by Crippen LogP contribution is 2.13. The van der Waals surface area contributed by atoms with Crippen molar-refractivity contribution in [2.45, 2.75) is 11.3 Å². The molecule has 3 N–H and O–H groups in total. The van der Waals surface area contributed by atoms with Gasteiger partial charge in [0.2, 0.25) is 10.0 Å². The van der Waals surface area contributed by atoms with Crippen LogP contribution in [0.4, 0.5) is 0 Å². The van der Waals surface area contributed by atoms with Gasteiger partial charge in [-0.3, -0.25) is 14.7 Å². The number of aromatic nitrogens is 2. The number of H-pyrrole nitrogens is 2.